The minimum absolute atomic E-state index is 0. The third kappa shape index (κ3) is 18.8. The van der Waals surface area contributed by atoms with E-state index in [-0.39, 0.29) is 11.0 Å². The van der Waals surface area contributed by atoms with Crippen LogP contribution in [0.15, 0.2) is 0 Å². The lowest BCUT2D eigenvalue weighted by atomic mass is 10.3. The number of nitrogens with zero attached hydrogens (tertiary/aromatic N) is 2. The number of hydrogen-bond donors (Lipinski definition) is 0. The lowest BCUT2D eigenvalue weighted by molar-refractivity contribution is 0.685. The summed E-state index contributed by atoms with van der Waals surface area (Å²) in [5, 5.41) is 7.92. The summed E-state index contributed by atoms with van der Waals surface area (Å²) in [5.74, 6) is 0. The van der Waals surface area contributed by atoms with E-state index in [0.29, 0.717) is 6.54 Å². The van der Waals surface area contributed by atoms with Crippen LogP contribution in [-0.4, -0.2) is 6.54 Å². The van der Waals surface area contributed by atoms with Crippen molar-refractivity contribution in [1.29, 1.82) is 5.39 Å². The van der Waals surface area contributed by atoms with Gasteiger partial charge in [0, 0.05) is 6.42 Å². The third-order valence-electron chi connectivity index (χ3n) is 0.862. The van der Waals surface area contributed by atoms with Gasteiger partial charge in [-0.2, -0.15) is 0 Å². The molecule has 0 saturated carbocycles. The van der Waals surface area contributed by atoms with Gasteiger partial charge in [-0.3, -0.25) is 0 Å². The SMILES string of the molecule is CCCCC[N+]#N.[O-2].[O-2]. The number of rotatable bonds is 3. The zero-order valence-corrected chi connectivity index (χ0v) is 5.54. The van der Waals surface area contributed by atoms with E-state index in [1.165, 1.54) is 12.8 Å². The van der Waals surface area contributed by atoms with Crippen molar-refractivity contribution in [1.82, 2.24) is 0 Å². The van der Waals surface area contributed by atoms with Gasteiger partial charge in [-0.15, -0.1) is 0 Å². The minimum Gasteiger partial charge on any atom is -2.00 e. The van der Waals surface area contributed by atoms with Crippen molar-refractivity contribution in [3.63, 3.8) is 0 Å². The van der Waals surface area contributed by atoms with Crippen molar-refractivity contribution in [3.05, 3.63) is 4.98 Å². The molecule has 0 radical (unpaired) electrons. The van der Waals surface area contributed by atoms with E-state index in [2.05, 4.69) is 11.9 Å². The summed E-state index contributed by atoms with van der Waals surface area (Å²) in [7, 11) is 0. The molecule has 0 aliphatic heterocycles. The zero-order chi connectivity index (χ0) is 5.54. The van der Waals surface area contributed by atoms with Gasteiger partial charge in [0.25, 0.3) is 0 Å². The molecule has 0 saturated heterocycles. The third-order valence-corrected chi connectivity index (χ3v) is 0.862. The summed E-state index contributed by atoms with van der Waals surface area (Å²) in [4.78, 5) is 2.97. The Bertz CT molecular complexity index is 69.8. The molecule has 0 aliphatic carbocycles. The molecule has 0 bridgehead atoms. The molecule has 0 rings (SSSR count). The Morgan fingerprint density at radius 1 is 1.22 bits per heavy atom. The topological polar surface area (TPSA) is 85.2 Å². The second-order valence-corrected chi connectivity index (χ2v) is 1.57. The Morgan fingerprint density at radius 3 is 2.11 bits per heavy atom. The summed E-state index contributed by atoms with van der Waals surface area (Å²) >= 11 is 0. The van der Waals surface area contributed by atoms with E-state index in [1.807, 2.05) is 0 Å². The van der Waals surface area contributed by atoms with Gasteiger partial charge in [-0.1, -0.05) is 13.3 Å². The summed E-state index contributed by atoms with van der Waals surface area (Å²) < 4.78 is 0. The summed E-state index contributed by atoms with van der Waals surface area (Å²) in [6.07, 6.45) is 3.38. The first-order valence-corrected chi connectivity index (χ1v) is 2.72. The Balaban J connectivity index is -0.000000180. The smallest absolute Gasteiger partial charge is 0.305 e. The van der Waals surface area contributed by atoms with Gasteiger partial charge < -0.3 is 11.0 Å². The first-order valence-electron chi connectivity index (χ1n) is 2.72. The van der Waals surface area contributed by atoms with Crippen molar-refractivity contribution < 1.29 is 11.0 Å². The van der Waals surface area contributed by atoms with Crippen LogP contribution < -0.4 is 0 Å². The minimum atomic E-state index is 0. The fourth-order valence-corrected chi connectivity index (χ4v) is 0.433. The zero-order valence-electron chi connectivity index (χ0n) is 5.54. The molecule has 0 aromatic rings. The molecule has 0 fully saturated rings. The van der Waals surface area contributed by atoms with E-state index in [0.717, 1.165) is 6.42 Å². The fourth-order valence-electron chi connectivity index (χ4n) is 0.433. The van der Waals surface area contributed by atoms with Crippen molar-refractivity contribution in [3.8, 4) is 0 Å². The van der Waals surface area contributed by atoms with E-state index >= 15 is 0 Å². The van der Waals surface area contributed by atoms with Crippen molar-refractivity contribution in [2.24, 2.45) is 0 Å². The number of hydrogen-bond acceptors (Lipinski definition) is 1. The Kier molecular flexibility index (Phi) is 27.4. The molecule has 0 aliphatic rings. The molecule has 4 nitrogen and oxygen atoms in total. The van der Waals surface area contributed by atoms with Crippen LogP contribution in [0.1, 0.15) is 26.2 Å². The van der Waals surface area contributed by atoms with Gasteiger partial charge in [0.15, 0.2) is 0 Å². The lowest BCUT2D eigenvalue weighted by Crippen LogP contribution is -1.74. The number of diazo groups is 1. The molecule has 0 unspecified atom stereocenters. The van der Waals surface area contributed by atoms with Crippen LogP contribution in [0.2, 0.25) is 0 Å². The van der Waals surface area contributed by atoms with Crippen LogP contribution in [0, 0.1) is 5.39 Å². The van der Waals surface area contributed by atoms with E-state index in [4.69, 9.17) is 5.39 Å². The van der Waals surface area contributed by atoms with Gasteiger partial charge in [0.05, 0.1) is 0 Å². The van der Waals surface area contributed by atoms with Gasteiger partial charge >= 0.3 is 6.54 Å². The summed E-state index contributed by atoms with van der Waals surface area (Å²) in [6.45, 7) is 2.73. The molecule has 0 heterocycles. The molecule has 56 valence electrons. The predicted octanol–water partition coefficient (Wildman–Crippen LogP) is 1.79. The Hall–Kier alpha value is -0.660. The molecule has 0 amide bonds. The van der Waals surface area contributed by atoms with Crippen molar-refractivity contribution >= 4 is 0 Å². The van der Waals surface area contributed by atoms with Crippen LogP contribution >= 0.6 is 0 Å². The van der Waals surface area contributed by atoms with Crippen LogP contribution in [0.3, 0.4) is 0 Å². The van der Waals surface area contributed by atoms with Crippen LogP contribution in [0.4, 0.5) is 0 Å². The van der Waals surface area contributed by atoms with Crippen LogP contribution in [0.5, 0.6) is 0 Å². The molecule has 0 aromatic carbocycles. The highest BCUT2D eigenvalue weighted by Crippen LogP contribution is 1.92. The van der Waals surface area contributed by atoms with Crippen LogP contribution in [0.25, 0.3) is 4.98 Å². The predicted molar refractivity (Wildman–Crippen MR) is 30.8 cm³/mol. The monoisotopic (exact) mass is 131 g/mol. The lowest BCUT2D eigenvalue weighted by Gasteiger charge is -2.00. The Labute approximate surface area is 55.1 Å². The largest absolute Gasteiger partial charge is 2.00 e. The van der Waals surface area contributed by atoms with Crippen molar-refractivity contribution in [2.75, 3.05) is 6.54 Å². The first kappa shape index (κ1) is 15.8. The van der Waals surface area contributed by atoms with Gasteiger partial charge in [0.2, 0.25) is 5.39 Å². The summed E-state index contributed by atoms with van der Waals surface area (Å²) in [5.41, 5.74) is 0. The average molecular weight is 131 g/mol. The summed E-state index contributed by atoms with van der Waals surface area (Å²) in [6, 6.07) is 0. The molecule has 0 N–H and O–H groups in total. The van der Waals surface area contributed by atoms with Gasteiger partial charge in [-0.25, -0.2) is 0 Å². The maximum absolute atomic E-state index is 7.92. The van der Waals surface area contributed by atoms with E-state index in [1.54, 1.807) is 0 Å². The average Bonchev–Trinajstić information content (AvgIpc) is 1.69. The highest BCUT2D eigenvalue weighted by molar-refractivity contribution is 4.51. The molecule has 0 aromatic heterocycles. The maximum atomic E-state index is 7.92. The molecule has 4 heteroatoms. The highest BCUT2D eigenvalue weighted by atomic mass is 16.0. The highest BCUT2D eigenvalue weighted by Gasteiger charge is 1.89. The molecular formula is C5H11N2O2-3. The van der Waals surface area contributed by atoms with E-state index < -0.39 is 0 Å². The molecular weight excluding hydrogens is 120 g/mol. The second kappa shape index (κ2) is 15.7. The fraction of sp³-hybridized carbons (Fsp3) is 1.00. The normalized spacial score (nSPS) is 6.22. The van der Waals surface area contributed by atoms with Gasteiger partial charge in [-0.05, 0) is 6.42 Å². The number of unbranched alkanes of at least 4 members (excludes halogenated alkanes) is 2. The standard InChI is InChI=1S/C5H11N2.2O/c1-2-3-4-5-7-6;;/h2-5H2,1H3;;/q+1;2*-2. The van der Waals surface area contributed by atoms with Gasteiger partial charge in [0.1, 0.15) is 4.98 Å². The van der Waals surface area contributed by atoms with E-state index in [9.17, 15) is 0 Å². The van der Waals surface area contributed by atoms with Crippen LogP contribution in [-0.2, 0) is 11.0 Å². The first-order chi connectivity index (χ1) is 3.41. The van der Waals surface area contributed by atoms with Crippen molar-refractivity contribution in [2.45, 2.75) is 26.2 Å². The molecule has 9 heavy (non-hydrogen) atoms. The molecule has 0 spiro atoms. The quantitative estimate of drug-likeness (QED) is 0.424. The second-order valence-electron chi connectivity index (χ2n) is 1.57. The maximum Gasteiger partial charge on any atom is 0.305 e. The molecule has 0 atom stereocenters. The Morgan fingerprint density at radius 2 is 1.78 bits per heavy atom.